The van der Waals surface area contributed by atoms with Gasteiger partial charge >= 0.3 is 6.09 Å². The van der Waals surface area contributed by atoms with E-state index >= 15 is 0 Å². The number of ether oxygens (including phenoxy) is 1. The first-order valence-corrected chi connectivity index (χ1v) is 9.69. The highest BCUT2D eigenvalue weighted by Crippen LogP contribution is 2.50. The molecule has 3 rings (SSSR count). The maximum atomic E-state index is 12.5. The average molecular weight is 426 g/mol. The summed E-state index contributed by atoms with van der Waals surface area (Å²) < 4.78 is 6.37. The third-order valence-corrected chi connectivity index (χ3v) is 5.35. The van der Waals surface area contributed by atoms with Crippen molar-refractivity contribution < 1.29 is 9.53 Å². The van der Waals surface area contributed by atoms with Gasteiger partial charge in [0.1, 0.15) is 11.3 Å². The van der Waals surface area contributed by atoms with Gasteiger partial charge in [-0.25, -0.2) is 9.78 Å². The molecule has 1 saturated heterocycles. The van der Waals surface area contributed by atoms with Crippen LogP contribution in [0.3, 0.4) is 0 Å². The Morgan fingerprint density at radius 1 is 1.48 bits per heavy atom. The number of aromatic nitrogens is 1. The molecule has 2 aliphatic rings. The van der Waals surface area contributed by atoms with Crippen molar-refractivity contribution in [2.75, 3.05) is 6.54 Å². The number of pyridine rings is 1. The smallest absolute Gasteiger partial charge is 0.410 e. The van der Waals surface area contributed by atoms with Crippen LogP contribution in [0.1, 0.15) is 52.1 Å². The SMILES string of the molecule is CC(C)(C)OC(=O)N1CCC(C#Cc2ncc(Cl)cc2Br)CC12CC2. The molecule has 134 valence electrons. The topological polar surface area (TPSA) is 42.4 Å². The first-order valence-electron chi connectivity index (χ1n) is 8.52. The number of nitrogens with zero attached hydrogens (tertiary/aromatic N) is 2. The Hall–Kier alpha value is -1.25. The molecule has 1 spiro atoms. The Morgan fingerprint density at radius 2 is 2.20 bits per heavy atom. The molecule has 1 aromatic heterocycles. The minimum atomic E-state index is -0.462. The van der Waals surface area contributed by atoms with Crippen molar-refractivity contribution in [2.24, 2.45) is 5.92 Å². The van der Waals surface area contributed by atoms with Crippen LogP contribution in [0, 0.1) is 17.8 Å². The number of piperidine rings is 1. The highest BCUT2D eigenvalue weighted by atomic mass is 79.9. The van der Waals surface area contributed by atoms with Gasteiger partial charge < -0.3 is 9.64 Å². The minimum absolute atomic E-state index is 0.0510. The van der Waals surface area contributed by atoms with Crippen LogP contribution in [0.4, 0.5) is 4.79 Å². The highest BCUT2D eigenvalue weighted by Gasteiger charge is 2.54. The Bertz CT molecular complexity index is 744. The van der Waals surface area contributed by atoms with Gasteiger partial charge in [0.05, 0.1) is 9.50 Å². The van der Waals surface area contributed by atoms with Gasteiger partial charge in [0, 0.05) is 24.2 Å². The van der Waals surface area contributed by atoms with Crippen LogP contribution in [0.2, 0.25) is 5.02 Å². The lowest BCUT2D eigenvalue weighted by Crippen LogP contribution is -2.49. The lowest BCUT2D eigenvalue weighted by Gasteiger charge is -2.39. The normalized spacial score (nSPS) is 21.5. The molecule has 25 heavy (non-hydrogen) atoms. The number of hydrogen-bond acceptors (Lipinski definition) is 3. The molecule has 0 N–H and O–H groups in total. The summed E-state index contributed by atoms with van der Waals surface area (Å²) in [6.45, 7) is 6.41. The van der Waals surface area contributed by atoms with E-state index in [-0.39, 0.29) is 17.6 Å². The lowest BCUT2D eigenvalue weighted by atomic mass is 9.89. The first kappa shape index (κ1) is 18.5. The van der Waals surface area contributed by atoms with Gasteiger partial charge in [-0.15, -0.1) is 0 Å². The van der Waals surface area contributed by atoms with Crippen molar-refractivity contribution in [3.8, 4) is 11.8 Å². The number of likely N-dealkylation sites (tertiary alicyclic amines) is 1. The van der Waals surface area contributed by atoms with Crippen LogP contribution >= 0.6 is 27.5 Å². The summed E-state index contributed by atoms with van der Waals surface area (Å²) in [6.07, 6.45) is 5.24. The first-order chi connectivity index (χ1) is 11.7. The average Bonchev–Trinajstić information content (AvgIpc) is 3.24. The number of carbonyl (C=O) groups excluding carboxylic acids is 1. The van der Waals surface area contributed by atoms with Crippen LogP contribution in [-0.2, 0) is 4.74 Å². The Morgan fingerprint density at radius 3 is 2.80 bits per heavy atom. The van der Waals surface area contributed by atoms with E-state index in [2.05, 4.69) is 32.8 Å². The molecular formula is C19H22BrClN2O2. The van der Waals surface area contributed by atoms with Gasteiger partial charge in [-0.3, -0.25) is 0 Å². The van der Waals surface area contributed by atoms with Crippen molar-refractivity contribution in [3.63, 3.8) is 0 Å². The van der Waals surface area contributed by atoms with Crippen LogP contribution in [0.15, 0.2) is 16.7 Å². The summed E-state index contributed by atoms with van der Waals surface area (Å²) in [5.41, 5.74) is 0.185. The molecule has 1 unspecified atom stereocenters. The van der Waals surface area contributed by atoms with Crippen molar-refractivity contribution >= 4 is 33.6 Å². The quantitative estimate of drug-likeness (QED) is 0.548. The van der Waals surface area contributed by atoms with Gasteiger partial charge in [-0.05, 0) is 74.4 Å². The Balaban J connectivity index is 1.68. The fourth-order valence-corrected chi connectivity index (χ4v) is 3.95. The number of carbonyl (C=O) groups is 1. The van der Waals surface area contributed by atoms with Gasteiger partial charge in [0.2, 0.25) is 0 Å². The molecule has 6 heteroatoms. The zero-order valence-corrected chi connectivity index (χ0v) is 17.1. The lowest BCUT2D eigenvalue weighted by molar-refractivity contribution is 0.00273. The van der Waals surface area contributed by atoms with E-state index in [4.69, 9.17) is 16.3 Å². The maximum Gasteiger partial charge on any atom is 0.410 e. The minimum Gasteiger partial charge on any atom is -0.444 e. The molecule has 1 atom stereocenters. The molecule has 4 nitrogen and oxygen atoms in total. The molecule has 0 aromatic carbocycles. The molecule has 1 aliphatic carbocycles. The largest absolute Gasteiger partial charge is 0.444 e. The van der Waals surface area contributed by atoms with E-state index in [1.54, 1.807) is 12.3 Å². The van der Waals surface area contributed by atoms with Crippen molar-refractivity contribution in [2.45, 2.75) is 57.6 Å². The summed E-state index contributed by atoms with van der Waals surface area (Å²) in [4.78, 5) is 18.7. The van der Waals surface area contributed by atoms with Crippen molar-refractivity contribution in [1.82, 2.24) is 9.88 Å². The Labute approximate surface area is 162 Å². The van der Waals surface area contributed by atoms with E-state index in [9.17, 15) is 4.79 Å². The molecule has 2 heterocycles. The van der Waals surface area contributed by atoms with Crippen LogP contribution < -0.4 is 0 Å². The third-order valence-electron chi connectivity index (χ3n) is 4.54. The maximum absolute atomic E-state index is 12.5. The van der Waals surface area contributed by atoms with Gasteiger partial charge in [0.25, 0.3) is 0 Å². The summed E-state index contributed by atoms with van der Waals surface area (Å²) in [7, 11) is 0. The summed E-state index contributed by atoms with van der Waals surface area (Å²) in [5.74, 6) is 6.76. The highest BCUT2D eigenvalue weighted by molar-refractivity contribution is 9.10. The Kier molecular flexibility index (Phi) is 5.05. The van der Waals surface area contributed by atoms with Gasteiger partial charge in [-0.1, -0.05) is 17.5 Å². The molecule has 1 aliphatic heterocycles. The molecular weight excluding hydrogens is 404 g/mol. The zero-order chi connectivity index (χ0) is 18.2. The number of rotatable bonds is 0. The van der Waals surface area contributed by atoms with Crippen LogP contribution in [0.25, 0.3) is 0 Å². The summed E-state index contributed by atoms with van der Waals surface area (Å²) in [6, 6.07) is 1.80. The summed E-state index contributed by atoms with van der Waals surface area (Å²) >= 11 is 9.36. The summed E-state index contributed by atoms with van der Waals surface area (Å²) in [5, 5.41) is 0.583. The second kappa shape index (κ2) is 6.81. The fourth-order valence-electron chi connectivity index (χ4n) is 3.21. The van der Waals surface area contributed by atoms with E-state index < -0.39 is 5.60 Å². The van der Waals surface area contributed by atoms with Gasteiger partial charge in [-0.2, -0.15) is 0 Å². The monoisotopic (exact) mass is 424 g/mol. The third kappa shape index (κ3) is 4.48. The van der Waals surface area contributed by atoms with E-state index in [0.717, 1.165) is 30.2 Å². The molecule has 2 fully saturated rings. The second-order valence-corrected chi connectivity index (χ2v) is 9.09. The fraction of sp³-hybridized carbons (Fsp3) is 0.579. The second-order valence-electron chi connectivity index (χ2n) is 7.80. The molecule has 1 saturated carbocycles. The standard InChI is InChI=1S/C19H22BrClN2O2/c1-18(2,3)25-17(24)23-9-6-13(11-19(23)7-8-19)4-5-16-15(20)10-14(21)12-22-16/h10,12-13H,6-9,11H2,1-3H3. The van der Waals surface area contributed by atoms with E-state index in [1.807, 2.05) is 25.7 Å². The van der Waals surface area contributed by atoms with Crippen molar-refractivity contribution in [3.05, 3.63) is 27.5 Å². The number of hydrogen-bond donors (Lipinski definition) is 0. The molecule has 0 bridgehead atoms. The zero-order valence-electron chi connectivity index (χ0n) is 14.7. The molecule has 0 radical (unpaired) electrons. The van der Waals surface area contributed by atoms with E-state index in [1.165, 1.54) is 0 Å². The molecule has 1 aromatic rings. The van der Waals surface area contributed by atoms with Crippen LogP contribution in [0.5, 0.6) is 0 Å². The van der Waals surface area contributed by atoms with E-state index in [0.29, 0.717) is 17.3 Å². The van der Waals surface area contributed by atoms with Crippen molar-refractivity contribution in [1.29, 1.82) is 0 Å². The van der Waals surface area contributed by atoms with Gasteiger partial charge in [0.15, 0.2) is 0 Å². The number of halogens is 2. The predicted molar refractivity (Wildman–Crippen MR) is 101 cm³/mol. The molecule has 1 amide bonds. The number of amides is 1. The van der Waals surface area contributed by atoms with Crippen LogP contribution in [-0.4, -0.2) is 33.7 Å². The predicted octanol–water partition coefficient (Wildman–Crippen LogP) is 5.03.